The molecule has 156 valence electrons. The second-order valence-corrected chi connectivity index (χ2v) is 9.50. The van der Waals surface area contributed by atoms with Crippen molar-refractivity contribution in [2.45, 2.75) is 137 Å². The van der Waals surface area contributed by atoms with Gasteiger partial charge in [-0.25, -0.2) is 0 Å². The van der Waals surface area contributed by atoms with E-state index >= 15 is 0 Å². The van der Waals surface area contributed by atoms with E-state index in [1.807, 2.05) is 0 Å². The second-order valence-electron chi connectivity index (χ2n) is 9.50. The largest absolute Gasteiger partial charge is 0.376 e. The van der Waals surface area contributed by atoms with Gasteiger partial charge in [0.05, 0.1) is 36.6 Å². The van der Waals surface area contributed by atoms with Gasteiger partial charge < -0.3 is 14.2 Å². The molecule has 0 heterocycles. The SMILES string of the molecule is CC(C)OC1CCC1.CC1CC(OC(C)C)C1.CC1CC(OC(C)C)C1. The lowest BCUT2D eigenvalue weighted by atomic mass is 9.84. The highest BCUT2D eigenvalue weighted by atomic mass is 16.5. The Hall–Kier alpha value is -0.120. The average molecular weight is 371 g/mol. The van der Waals surface area contributed by atoms with Crippen molar-refractivity contribution in [3.8, 4) is 0 Å². The fourth-order valence-corrected chi connectivity index (χ4v) is 3.54. The molecule has 3 nitrogen and oxygen atoms in total. The Kier molecular flexibility index (Phi) is 11.4. The van der Waals surface area contributed by atoms with Gasteiger partial charge >= 0.3 is 0 Å². The molecule has 0 aromatic carbocycles. The molecule has 0 aromatic heterocycles. The molecule has 26 heavy (non-hydrogen) atoms. The molecule has 0 spiro atoms. The number of ether oxygens (including phenoxy) is 3. The third kappa shape index (κ3) is 10.9. The first-order valence-electron chi connectivity index (χ1n) is 11.1. The van der Waals surface area contributed by atoms with Crippen molar-refractivity contribution in [1.82, 2.24) is 0 Å². The first kappa shape index (κ1) is 23.9. The lowest BCUT2D eigenvalue weighted by Gasteiger charge is -2.33. The molecule has 3 saturated carbocycles. The maximum absolute atomic E-state index is 5.56. The van der Waals surface area contributed by atoms with Crippen molar-refractivity contribution in [2.24, 2.45) is 11.8 Å². The van der Waals surface area contributed by atoms with Crippen LogP contribution in [0.1, 0.15) is 100 Å². The third-order valence-corrected chi connectivity index (χ3v) is 5.11. The van der Waals surface area contributed by atoms with Crippen LogP contribution >= 0.6 is 0 Å². The Morgan fingerprint density at radius 1 is 0.538 bits per heavy atom. The fraction of sp³-hybridized carbons (Fsp3) is 1.00. The smallest absolute Gasteiger partial charge is 0.0583 e. The van der Waals surface area contributed by atoms with Gasteiger partial charge in [-0.1, -0.05) is 13.8 Å². The van der Waals surface area contributed by atoms with Crippen LogP contribution in [0.3, 0.4) is 0 Å². The van der Waals surface area contributed by atoms with Gasteiger partial charge in [0.1, 0.15) is 0 Å². The standard InChI is InChI=1S/2C8H16O.C7H14O/c2*1-6(2)9-8-4-7(3)5-8;1-6(2)8-7-4-3-5-7/h2*6-8H,4-5H2,1-3H3;6-7H,3-5H2,1-2H3. The molecule has 3 aliphatic rings. The van der Waals surface area contributed by atoms with E-state index in [-0.39, 0.29) is 0 Å². The van der Waals surface area contributed by atoms with E-state index in [9.17, 15) is 0 Å². The molecule has 0 aliphatic heterocycles. The fourth-order valence-electron chi connectivity index (χ4n) is 3.54. The van der Waals surface area contributed by atoms with Crippen LogP contribution in [0.5, 0.6) is 0 Å². The summed E-state index contributed by atoms with van der Waals surface area (Å²) < 4.78 is 16.6. The number of rotatable bonds is 6. The van der Waals surface area contributed by atoms with Crippen LogP contribution in [0.2, 0.25) is 0 Å². The summed E-state index contributed by atoms with van der Waals surface area (Å²) in [5.74, 6) is 1.82. The lowest BCUT2D eigenvalue weighted by Crippen LogP contribution is -2.31. The van der Waals surface area contributed by atoms with Crippen LogP contribution < -0.4 is 0 Å². The van der Waals surface area contributed by atoms with Gasteiger partial charge in [0, 0.05) is 0 Å². The van der Waals surface area contributed by atoms with E-state index in [1.165, 1.54) is 44.9 Å². The topological polar surface area (TPSA) is 27.7 Å². The number of hydrogen-bond donors (Lipinski definition) is 0. The molecule has 3 rings (SSSR count). The molecule has 0 atom stereocenters. The molecule has 0 saturated heterocycles. The minimum Gasteiger partial charge on any atom is -0.376 e. The predicted molar refractivity (Wildman–Crippen MR) is 111 cm³/mol. The summed E-state index contributed by atoms with van der Waals surface area (Å²) in [4.78, 5) is 0. The third-order valence-electron chi connectivity index (χ3n) is 5.11. The number of hydrogen-bond acceptors (Lipinski definition) is 3. The van der Waals surface area contributed by atoms with Crippen LogP contribution in [0.15, 0.2) is 0 Å². The lowest BCUT2D eigenvalue weighted by molar-refractivity contribution is -0.0579. The molecule has 0 N–H and O–H groups in total. The van der Waals surface area contributed by atoms with E-state index in [4.69, 9.17) is 14.2 Å². The van der Waals surface area contributed by atoms with Crippen LogP contribution in [-0.4, -0.2) is 36.6 Å². The Morgan fingerprint density at radius 2 is 0.846 bits per heavy atom. The monoisotopic (exact) mass is 370 g/mol. The zero-order valence-electron chi connectivity index (χ0n) is 18.8. The summed E-state index contributed by atoms with van der Waals surface area (Å²) in [5, 5.41) is 0. The quantitative estimate of drug-likeness (QED) is 0.542. The molecule has 3 aliphatic carbocycles. The molecule has 0 radical (unpaired) electrons. The van der Waals surface area contributed by atoms with Gasteiger partial charge in [0.2, 0.25) is 0 Å². The zero-order chi connectivity index (χ0) is 19.7. The van der Waals surface area contributed by atoms with Crippen molar-refractivity contribution in [1.29, 1.82) is 0 Å². The highest BCUT2D eigenvalue weighted by Gasteiger charge is 2.27. The highest BCUT2D eigenvalue weighted by molar-refractivity contribution is 4.77. The minimum atomic E-state index is 0.419. The van der Waals surface area contributed by atoms with E-state index in [0.717, 1.165) is 11.8 Å². The van der Waals surface area contributed by atoms with E-state index in [2.05, 4.69) is 55.4 Å². The van der Waals surface area contributed by atoms with E-state index < -0.39 is 0 Å². The molecular weight excluding hydrogens is 324 g/mol. The minimum absolute atomic E-state index is 0.419. The molecular formula is C23H46O3. The molecule has 0 unspecified atom stereocenters. The maximum Gasteiger partial charge on any atom is 0.0583 e. The summed E-state index contributed by atoms with van der Waals surface area (Å²) in [5.41, 5.74) is 0. The Bertz CT molecular complexity index is 313. The Balaban J connectivity index is 0.000000195. The zero-order valence-corrected chi connectivity index (χ0v) is 18.8. The van der Waals surface area contributed by atoms with Crippen LogP contribution in [0.4, 0.5) is 0 Å². The van der Waals surface area contributed by atoms with Gasteiger partial charge in [-0.3, -0.25) is 0 Å². The molecule has 0 bridgehead atoms. The van der Waals surface area contributed by atoms with Crippen LogP contribution in [0, 0.1) is 11.8 Å². The Morgan fingerprint density at radius 3 is 1.00 bits per heavy atom. The van der Waals surface area contributed by atoms with Gasteiger partial charge in [-0.05, 0) is 98.3 Å². The van der Waals surface area contributed by atoms with Gasteiger partial charge in [0.25, 0.3) is 0 Å². The van der Waals surface area contributed by atoms with Crippen molar-refractivity contribution >= 4 is 0 Å². The van der Waals surface area contributed by atoms with Gasteiger partial charge in [-0.15, -0.1) is 0 Å². The first-order valence-corrected chi connectivity index (χ1v) is 11.1. The van der Waals surface area contributed by atoms with Crippen molar-refractivity contribution in [2.75, 3.05) is 0 Å². The van der Waals surface area contributed by atoms with Crippen molar-refractivity contribution in [3.63, 3.8) is 0 Å². The summed E-state index contributed by atoms with van der Waals surface area (Å²) in [6.45, 7) is 17.1. The summed E-state index contributed by atoms with van der Waals surface area (Å²) in [7, 11) is 0. The van der Waals surface area contributed by atoms with Crippen LogP contribution in [-0.2, 0) is 14.2 Å². The highest BCUT2D eigenvalue weighted by Crippen LogP contribution is 2.30. The maximum atomic E-state index is 5.56. The van der Waals surface area contributed by atoms with E-state index in [0.29, 0.717) is 36.6 Å². The van der Waals surface area contributed by atoms with Crippen LogP contribution in [0.25, 0.3) is 0 Å². The summed E-state index contributed by atoms with van der Waals surface area (Å²) in [6.07, 6.45) is 12.1. The van der Waals surface area contributed by atoms with E-state index in [1.54, 1.807) is 0 Å². The van der Waals surface area contributed by atoms with Gasteiger partial charge in [0.15, 0.2) is 0 Å². The van der Waals surface area contributed by atoms with Crippen molar-refractivity contribution in [3.05, 3.63) is 0 Å². The molecule has 3 heteroatoms. The predicted octanol–water partition coefficient (Wildman–Crippen LogP) is 6.38. The summed E-state index contributed by atoms with van der Waals surface area (Å²) in [6, 6.07) is 0. The second kappa shape index (κ2) is 12.4. The van der Waals surface area contributed by atoms with Gasteiger partial charge in [-0.2, -0.15) is 0 Å². The normalized spacial score (nSPS) is 30.6. The molecule has 3 fully saturated rings. The molecule has 0 amide bonds. The Labute approximate surface area is 163 Å². The summed E-state index contributed by atoms with van der Waals surface area (Å²) >= 11 is 0. The molecule has 0 aromatic rings. The van der Waals surface area contributed by atoms with Crippen molar-refractivity contribution < 1.29 is 14.2 Å². The first-order chi connectivity index (χ1) is 12.2. The average Bonchev–Trinajstić information content (AvgIpc) is 2.40.